The van der Waals surface area contributed by atoms with Crippen molar-refractivity contribution in [3.05, 3.63) is 24.2 Å². The van der Waals surface area contributed by atoms with Crippen LogP contribution >= 0.6 is 0 Å². The Hall–Kier alpha value is -1.47. The molecule has 4 nitrogen and oxygen atoms in total. The molecule has 0 radical (unpaired) electrons. The first-order valence-corrected chi connectivity index (χ1v) is 2.61. The van der Waals surface area contributed by atoms with Gasteiger partial charge in [-0.2, -0.15) is 0 Å². The molecular formula is C6H5NO3. The molecule has 1 aliphatic heterocycles. The second-order valence-electron chi connectivity index (χ2n) is 1.58. The minimum absolute atomic E-state index is 0.102. The van der Waals surface area contributed by atoms with Gasteiger partial charge in [0.25, 0.3) is 12.5 Å². The van der Waals surface area contributed by atoms with Gasteiger partial charge in [0, 0.05) is 0 Å². The van der Waals surface area contributed by atoms with Crippen LogP contribution in [0.5, 0.6) is 0 Å². The van der Waals surface area contributed by atoms with E-state index in [1.807, 2.05) is 0 Å². The van der Waals surface area contributed by atoms with Crippen molar-refractivity contribution >= 4 is 0 Å². The van der Waals surface area contributed by atoms with Crippen LogP contribution in [-0.4, -0.2) is 11.4 Å². The molecule has 0 aliphatic carbocycles. The second-order valence-corrected chi connectivity index (χ2v) is 1.58. The summed E-state index contributed by atoms with van der Waals surface area (Å²) in [6.45, 7) is 0. The quantitative estimate of drug-likeness (QED) is 0.528. The Balaban J connectivity index is 2.63. The summed E-state index contributed by atoms with van der Waals surface area (Å²) < 4.78 is 8.91. The fraction of sp³-hybridized carbons (Fsp3) is 0.167. The molecule has 0 spiro atoms. The average Bonchev–Trinajstić information content (AvgIpc) is 1.94. The zero-order chi connectivity index (χ0) is 7.40. The number of nitriles is 1. The minimum Gasteiger partial charge on any atom is -0.465 e. The van der Waals surface area contributed by atoms with E-state index in [2.05, 4.69) is 9.47 Å². The van der Waals surface area contributed by atoms with Gasteiger partial charge in [-0.25, -0.2) is 0 Å². The van der Waals surface area contributed by atoms with Gasteiger partial charge >= 0.3 is 0 Å². The summed E-state index contributed by atoms with van der Waals surface area (Å²) in [4.78, 5) is 0. The molecule has 0 aromatic heterocycles. The predicted molar refractivity (Wildman–Crippen MR) is 31.0 cm³/mol. The third kappa shape index (κ3) is 1.27. The Labute approximate surface area is 57.6 Å². The van der Waals surface area contributed by atoms with Crippen LogP contribution in [0.3, 0.4) is 0 Å². The number of hydrogen-bond acceptors (Lipinski definition) is 4. The first-order chi connectivity index (χ1) is 4.84. The normalized spacial score (nSPS) is 22.4. The lowest BCUT2D eigenvalue weighted by molar-refractivity contribution is -0.0508. The summed E-state index contributed by atoms with van der Waals surface area (Å²) >= 11 is 0. The zero-order valence-electron chi connectivity index (χ0n) is 5.02. The summed E-state index contributed by atoms with van der Waals surface area (Å²) in [6, 6.07) is 0. The van der Waals surface area contributed by atoms with E-state index >= 15 is 0 Å². The van der Waals surface area contributed by atoms with Crippen molar-refractivity contribution in [2.24, 2.45) is 0 Å². The molecule has 1 heterocycles. The number of ether oxygens (including phenoxy) is 2. The van der Waals surface area contributed by atoms with Gasteiger partial charge in [0.2, 0.25) is 0 Å². The van der Waals surface area contributed by atoms with Crippen molar-refractivity contribution in [3.8, 4) is 6.26 Å². The van der Waals surface area contributed by atoms with E-state index in [0.29, 0.717) is 0 Å². The Morgan fingerprint density at radius 1 is 1.80 bits per heavy atom. The van der Waals surface area contributed by atoms with E-state index in [1.165, 1.54) is 24.7 Å². The number of aliphatic hydroxyl groups excluding tert-OH is 1. The van der Waals surface area contributed by atoms with Gasteiger partial charge in [0.05, 0.1) is 6.26 Å². The largest absolute Gasteiger partial charge is 0.465 e. The predicted octanol–water partition coefficient (Wildman–Crippen LogP) is 0.230. The molecule has 52 valence electrons. The Kier molecular flexibility index (Phi) is 1.92. The van der Waals surface area contributed by atoms with Crippen molar-refractivity contribution in [2.45, 2.75) is 6.29 Å². The van der Waals surface area contributed by atoms with Gasteiger partial charge in [-0.3, -0.25) is 0 Å². The summed E-state index contributed by atoms with van der Waals surface area (Å²) in [5.41, 5.74) is 0. The summed E-state index contributed by atoms with van der Waals surface area (Å²) in [5, 5.41) is 16.9. The van der Waals surface area contributed by atoms with Gasteiger partial charge in [-0.1, -0.05) is 0 Å². The van der Waals surface area contributed by atoms with Gasteiger partial charge in [0.15, 0.2) is 5.76 Å². The average molecular weight is 139 g/mol. The van der Waals surface area contributed by atoms with E-state index in [1.54, 1.807) is 0 Å². The standard InChI is InChI=1S/C6H5NO3/c7-4-10-5-2-1-3-9-6(5)8/h1-3,6,8H. The third-order valence-corrected chi connectivity index (χ3v) is 0.953. The van der Waals surface area contributed by atoms with Crippen LogP contribution in [0.2, 0.25) is 0 Å². The molecule has 0 amide bonds. The number of allylic oxidation sites excluding steroid dienone is 2. The fourth-order valence-electron chi connectivity index (χ4n) is 0.540. The summed E-state index contributed by atoms with van der Waals surface area (Å²) in [7, 11) is 0. The third-order valence-electron chi connectivity index (χ3n) is 0.953. The number of hydrogen-bond donors (Lipinski definition) is 1. The Morgan fingerprint density at radius 2 is 2.60 bits per heavy atom. The lowest BCUT2D eigenvalue weighted by Crippen LogP contribution is -2.15. The van der Waals surface area contributed by atoms with E-state index in [9.17, 15) is 0 Å². The molecule has 1 N–H and O–H groups in total. The molecule has 0 bridgehead atoms. The monoisotopic (exact) mass is 139 g/mol. The van der Waals surface area contributed by atoms with Gasteiger partial charge < -0.3 is 14.6 Å². The molecule has 0 saturated carbocycles. The molecule has 1 atom stereocenters. The molecule has 0 saturated heterocycles. The molecule has 1 aliphatic rings. The maximum absolute atomic E-state index is 8.88. The van der Waals surface area contributed by atoms with Crippen LogP contribution in [0.25, 0.3) is 0 Å². The first-order valence-electron chi connectivity index (χ1n) is 2.61. The lowest BCUT2D eigenvalue weighted by atomic mass is 10.4. The number of nitrogens with zero attached hydrogens (tertiary/aromatic N) is 1. The van der Waals surface area contributed by atoms with E-state index in [-0.39, 0.29) is 5.76 Å². The van der Waals surface area contributed by atoms with Gasteiger partial charge in [0.1, 0.15) is 0 Å². The number of rotatable bonds is 1. The van der Waals surface area contributed by atoms with E-state index in [0.717, 1.165) is 0 Å². The molecule has 0 aromatic rings. The maximum atomic E-state index is 8.88. The minimum atomic E-state index is -1.15. The molecule has 1 unspecified atom stereocenters. The van der Waals surface area contributed by atoms with Crippen LogP contribution in [-0.2, 0) is 9.47 Å². The lowest BCUT2D eigenvalue weighted by Gasteiger charge is -2.12. The smallest absolute Gasteiger partial charge is 0.292 e. The van der Waals surface area contributed by atoms with Crippen molar-refractivity contribution in [2.75, 3.05) is 0 Å². The van der Waals surface area contributed by atoms with Crippen LogP contribution in [0, 0.1) is 11.5 Å². The van der Waals surface area contributed by atoms with Gasteiger partial charge in [-0.05, 0) is 12.2 Å². The SMILES string of the molecule is N#COC1=CC=COC1O. The molecule has 10 heavy (non-hydrogen) atoms. The molecule has 0 fully saturated rings. The highest BCUT2D eigenvalue weighted by molar-refractivity contribution is 5.12. The molecule has 1 rings (SSSR count). The van der Waals surface area contributed by atoms with Crippen LogP contribution in [0.15, 0.2) is 24.2 Å². The Bertz CT molecular complexity index is 214. The van der Waals surface area contributed by atoms with Crippen LogP contribution in [0.4, 0.5) is 0 Å². The molecular weight excluding hydrogens is 134 g/mol. The second kappa shape index (κ2) is 2.90. The topological polar surface area (TPSA) is 62.5 Å². The first kappa shape index (κ1) is 6.65. The van der Waals surface area contributed by atoms with E-state index in [4.69, 9.17) is 10.4 Å². The van der Waals surface area contributed by atoms with Crippen LogP contribution in [0.1, 0.15) is 0 Å². The van der Waals surface area contributed by atoms with Crippen molar-refractivity contribution in [3.63, 3.8) is 0 Å². The van der Waals surface area contributed by atoms with Crippen molar-refractivity contribution in [1.29, 1.82) is 5.26 Å². The number of aliphatic hydroxyl groups is 1. The maximum Gasteiger partial charge on any atom is 0.292 e. The Morgan fingerprint density at radius 3 is 3.20 bits per heavy atom. The zero-order valence-corrected chi connectivity index (χ0v) is 5.02. The van der Waals surface area contributed by atoms with E-state index < -0.39 is 6.29 Å². The highest BCUT2D eigenvalue weighted by Gasteiger charge is 2.13. The molecule has 0 aromatic carbocycles. The van der Waals surface area contributed by atoms with Gasteiger partial charge in [-0.15, -0.1) is 5.26 Å². The fourth-order valence-corrected chi connectivity index (χ4v) is 0.540. The highest BCUT2D eigenvalue weighted by Crippen LogP contribution is 2.10. The van der Waals surface area contributed by atoms with Crippen molar-refractivity contribution in [1.82, 2.24) is 0 Å². The molecule has 4 heteroatoms. The van der Waals surface area contributed by atoms with Crippen molar-refractivity contribution < 1.29 is 14.6 Å². The highest BCUT2D eigenvalue weighted by atomic mass is 16.6. The summed E-state index contributed by atoms with van der Waals surface area (Å²) in [5.74, 6) is 0.102. The summed E-state index contributed by atoms with van der Waals surface area (Å²) in [6.07, 6.45) is 4.57. The van der Waals surface area contributed by atoms with Crippen LogP contribution < -0.4 is 0 Å².